The maximum absolute atomic E-state index is 12.4. The molecule has 0 fully saturated rings. The first-order valence-corrected chi connectivity index (χ1v) is 11.6. The number of carbonyl (C=O) groups is 1. The van der Waals surface area contributed by atoms with Gasteiger partial charge >= 0.3 is 6.03 Å². The van der Waals surface area contributed by atoms with Crippen LogP contribution in [-0.2, 0) is 29.6 Å². The van der Waals surface area contributed by atoms with Crippen molar-refractivity contribution in [2.24, 2.45) is 0 Å². The van der Waals surface area contributed by atoms with Crippen LogP contribution in [0.1, 0.15) is 25.8 Å². The standard InChI is InChI=1S/C16H26N2O8S2/c1-4-25-15(26-5-2)10-11-18(12-27(20,21)22)16(19)17-28(23,24)14-8-6-13(3)7-9-14/h6-9,15H,4-5,10-12H2,1-3H3,(H,17,19)(H,20,21,22). The van der Waals surface area contributed by atoms with Crippen LogP contribution in [-0.4, -0.2) is 64.2 Å². The lowest BCUT2D eigenvalue weighted by molar-refractivity contribution is -0.140. The summed E-state index contributed by atoms with van der Waals surface area (Å²) in [4.78, 5) is 12.9. The van der Waals surface area contributed by atoms with Crippen molar-refractivity contribution in [2.45, 2.75) is 38.4 Å². The lowest BCUT2D eigenvalue weighted by Gasteiger charge is -2.24. The molecular formula is C16H26N2O8S2. The van der Waals surface area contributed by atoms with Gasteiger partial charge < -0.3 is 14.4 Å². The minimum atomic E-state index is -4.58. The third-order valence-corrected chi connectivity index (χ3v) is 5.47. The summed E-state index contributed by atoms with van der Waals surface area (Å²) in [5.74, 6) is -1.08. The van der Waals surface area contributed by atoms with Crippen molar-refractivity contribution in [1.82, 2.24) is 9.62 Å². The van der Waals surface area contributed by atoms with Gasteiger partial charge in [0.05, 0.1) is 4.90 Å². The van der Waals surface area contributed by atoms with Gasteiger partial charge in [0.25, 0.3) is 20.1 Å². The first-order chi connectivity index (χ1) is 13.0. The van der Waals surface area contributed by atoms with Gasteiger partial charge in [0.15, 0.2) is 6.29 Å². The highest BCUT2D eigenvalue weighted by Crippen LogP contribution is 2.11. The minimum absolute atomic E-state index is 0.0786. The number of hydrogen-bond acceptors (Lipinski definition) is 7. The maximum Gasteiger partial charge on any atom is 0.332 e. The van der Waals surface area contributed by atoms with Gasteiger partial charge in [0.2, 0.25) is 0 Å². The van der Waals surface area contributed by atoms with Crippen molar-refractivity contribution in [3.05, 3.63) is 29.8 Å². The van der Waals surface area contributed by atoms with Gasteiger partial charge in [-0.1, -0.05) is 17.7 Å². The minimum Gasteiger partial charge on any atom is -0.353 e. The highest BCUT2D eigenvalue weighted by Gasteiger charge is 2.26. The van der Waals surface area contributed by atoms with E-state index in [-0.39, 0.29) is 17.9 Å². The number of nitrogens with zero attached hydrogens (tertiary/aromatic N) is 1. The quantitative estimate of drug-likeness (QED) is 0.390. The van der Waals surface area contributed by atoms with Gasteiger partial charge in [0.1, 0.15) is 5.88 Å². The van der Waals surface area contributed by atoms with Crippen molar-refractivity contribution in [2.75, 3.05) is 25.6 Å². The van der Waals surface area contributed by atoms with Gasteiger partial charge in [-0.3, -0.25) is 4.55 Å². The Morgan fingerprint density at radius 1 is 1.11 bits per heavy atom. The lowest BCUT2D eigenvalue weighted by atomic mass is 10.2. The maximum atomic E-state index is 12.4. The number of carbonyl (C=O) groups excluding carboxylic acids is 1. The molecule has 1 aromatic rings. The predicted octanol–water partition coefficient (Wildman–Crippen LogP) is 1.33. The SMILES string of the molecule is CCOC(CCN(CS(=O)(=O)O)C(=O)NS(=O)(=O)c1ccc(C)cc1)OCC. The molecule has 160 valence electrons. The molecule has 0 heterocycles. The molecule has 2 N–H and O–H groups in total. The van der Waals surface area contributed by atoms with E-state index in [0.717, 1.165) is 5.56 Å². The second kappa shape index (κ2) is 10.7. The number of aryl methyl sites for hydroxylation is 1. The van der Waals surface area contributed by atoms with Crippen molar-refractivity contribution in [3.63, 3.8) is 0 Å². The van der Waals surface area contributed by atoms with Crippen LogP contribution in [0, 0.1) is 6.92 Å². The van der Waals surface area contributed by atoms with E-state index in [2.05, 4.69) is 0 Å². The van der Waals surface area contributed by atoms with Gasteiger partial charge in [-0.15, -0.1) is 0 Å². The van der Waals surface area contributed by atoms with Crippen LogP contribution in [0.25, 0.3) is 0 Å². The molecule has 0 radical (unpaired) electrons. The highest BCUT2D eigenvalue weighted by molar-refractivity contribution is 7.90. The van der Waals surface area contributed by atoms with E-state index >= 15 is 0 Å². The Kier molecular flexibility index (Phi) is 9.30. The zero-order valence-corrected chi connectivity index (χ0v) is 17.6. The zero-order chi connectivity index (χ0) is 21.4. The molecule has 0 aliphatic carbocycles. The molecule has 2 amide bonds. The molecule has 0 saturated carbocycles. The molecule has 0 aromatic heterocycles. The summed E-state index contributed by atoms with van der Waals surface area (Å²) in [7, 11) is -8.79. The molecule has 0 unspecified atom stereocenters. The van der Waals surface area contributed by atoms with Crippen LogP contribution in [0.15, 0.2) is 29.2 Å². The van der Waals surface area contributed by atoms with E-state index in [1.54, 1.807) is 37.6 Å². The Labute approximate surface area is 165 Å². The number of urea groups is 1. The number of amides is 2. The Morgan fingerprint density at radius 2 is 1.64 bits per heavy atom. The molecule has 0 aliphatic heterocycles. The third-order valence-electron chi connectivity index (χ3n) is 3.50. The predicted molar refractivity (Wildman–Crippen MR) is 102 cm³/mol. The lowest BCUT2D eigenvalue weighted by Crippen LogP contribution is -2.46. The molecule has 28 heavy (non-hydrogen) atoms. The Hall–Kier alpha value is -1.73. The molecule has 10 nitrogen and oxygen atoms in total. The normalized spacial score (nSPS) is 12.2. The molecule has 12 heteroatoms. The molecular weight excluding hydrogens is 412 g/mol. The van der Waals surface area contributed by atoms with E-state index < -0.39 is 38.3 Å². The molecule has 0 aliphatic rings. The fraction of sp³-hybridized carbons (Fsp3) is 0.562. The first-order valence-electron chi connectivity index (χ1n) is 8.55. The van der Waals surface area contributed by atoms with E-state index in [1.165, 1.54) is 12.1 Å². The summed E-state index contributed by atoms with van der Waals surface area (Å²) in [6, 6.07) is 4.56. The summed E-state index contributed by atoms with van der Waals surface area (Å²) in [5.41, 5.74) is 0.830. The van der Waals surface area contributed by atoms with Crippen LogP contribution >= 0.6 is 0 Å². The number of ether oxygens (including phenoxy) is 2. The molecule has 1 rings (SSSR count). The third kappa shape index (κ3) is 8.52. The topological polar surface area (TPSA) is 139 Å². The molecule has 1 aromatic carbocycles. The molecule has 0 bridgehead atoms. The van der Waals surface area contributed by atoms with Crippen molar-refractivity contribution in [1.29, 1.82) is 0 Å². The van der Waals surface area contributed by atoms with E-state index in [4.69, 9.17) is 14.0 Å². The molecule has 0 spiro atoms. The number of hydrogen-bond donors (Lipinski definition) is 2. The van der Waals surface area contributed by atoms with Crippen LogP contribution in [0.3, 0.4) is 0 Å². The summed E-state index contributed by atoms with van der Waals surface area (Å²) >= 11 is 0. The van der Waals surface area contributed by atoms with Crippen LogP contribution in [0.5, 0.6) is 0 Å². The Morgan fingerprint density at radius 3 is 2.11 bits per heavy atom. The van der Waals surface area contributed by atoms with E-state index in [9.17, 15) is 21.6 Å². The van der Waals surface area contributed by atoms with Gasteiger partial charge in [-0.25, -0.2) is 17.9 Å². The number of nitrogens with one attached hydrogen (secondary N) is 1. The van der Waals surface area contributed by atoms with E-state index in [0.29, 0.717) is 18.1 Å². The summed E-state index contributed by atoms with van der Waals surface area (Å²) in [5, 5.41) is 0. The van der Waals surface area contributed by atoms with Crippen LogP contribution in [0.4, 0.5) is 4.79 Å². The van der Waals surface area contributed by atoms with Crippen molar-refractivity contribution in [3.8, 4) is 0 Å². The van der Waals surface area contributed by atoms with Gasteiger partial charge in [0, 0.05) is 26.2 Å². The van der Waals surface area contributed by atoms with Gasteiger partial charge in [-0.2, -0.15) is 8.42 Å². The molecule has 0 atom stereocenters. The summed E-state index contributed by atoms with van der Waals surface area (Å²) < 4.78 is 68.7. The average molecular weight is 439 g/mol. The monoisotopic (exact) mass is 438 g/mol. The number of rotatable bonds is 11. The first kappa shape index (κ1) is 24.3. The van der Waals surface area contributed by atoms with Crippen LogP contribution in [0.2, 0.25) is 0 Å². The molecule has 0 saturated heterocycles. The van der Waals surface area contributed by atoms with E-state index in [1.807, 2.05) is 0 Å². The second-order valence-electron chi connectivity index (χ2n) is 5.83. The average Bonchev–Trinajstić information content (AvgIpc) is 2.57. The summed E-state index contributed by atoms with van der Waals surface area (Å²) in [6.07, 6.45) is -0.629. The van der Waals surface area contributed by atoms with Crippen molar-refractivity contribution < 1.29 is 35.7 Å². The summed E-state index contributed by atoms with van der Waals surface area (Å²) in [6.45, 7) is 5.69. The smallest absolute Gasteiger partial charge is 0.332 e. The van der Waals surface area contributed by atoms with Crippen LogP contribution < -0.4 is 4.72 Å². The largest absolute Gasteiger partial charge is 0.353 e. The Bertz CT molecular complexity index is 832. The highest BCUT2D eigenvalue weighted by atomic mass is 32.2. The fourth-order valence-corrected chi connectivity index (χ4v) is 3.84. The second-order valence-corrected chi connectivity index (χ2v) is 8.93. The Balaban J connectivity index is 2.93. The number of sulfonamides is 1. The van der Waals surface area contributed by atoms with Gasteiger partial charge in [-0.05, 0) is 32.9 Å². The number of benzene rings is 1. The fourth-order valence-electron chi connectivity index (χ4n) is 2.23. The van der Waals surface area contributed by atoms with Crippen molar-refractivity contribution >= 4 is 26.2 Å². The zero-order valence-electron chi connectivity index (χ0n) is 16.0.